The fourth-order valence-electron chi connectivity index (χ4n) is 7.19. The lowest BCUT2D eigenvalue weighted by Gasteiger charge is -2.35. The smallest absolute Gasteiger partial charge is 0.0908 e. The molecule has 3 unspecified atom stereocenters. The molecule has 2 aliphatic heterocycles. The number of likely N-dealkylation sites (tertiary alicyclic amines) is 2. The highest BCUT2D eigenvalue weighted by atomic mass is 31.0. The normalized spacial score (nSPS) is 20.4. The van der Waals surface area contributed by atoms with Gasteiger partial charge in [-0.25, -0.2) is 0 Å². The molecule has 1 aromatic heterocycles. The molecule has 2 saturated heterocycles. The number of likely N-dealkylation sites (N-methyl/N-ethyl adjacent to an activating group) is 1. The summed E-state index contributed by atoms with van der Waals surface area (Å²) in [5.74, 6) is 3.81. The van der Waals surface area contributed by atoms with E-state index in [1.807, 2.05) is 19.5 Å². The number of aromatic nitrogens is 1. The van der Waals surface area contributed by atoms with Gasteiger partial charge in [0.15, 0.2) is 0 Å². The molecule has 2 fully saturated rings. The number of nitrogens with zero attached hydrogens (tertiary/aromatic N) is 5. The van der Waals surface area contributed by atoms with Gasteiger partial charge in [-0.05, 0) is 93.7 Å². The predicted molar refractivity (Wildman–Crippen MR) is 203 cm³/mol. The van der Waals surface area contributed by atoms with E-state index in [1.54, 1.807) is 0 Å². The number of piperidine rings is 1. The monoisotopic (exact) mass is 639 g/mol. The second-order valence-corrected chi connectivity index (χ2v) is 15.4. The average Bonchev–Trinajstić information content (AvgIpc) is 3.38. The van der Waals surface area contributed by atoms with Crippen LogP contribution >= 0.6 is 9.24 Å². The van der Waals surface area contributed by atoms with Crippen LogP contribution in [0.15, 0.2) is 66.6 Å². The Hall–Kier alpha value is -3.09. The first-order valence-electron chi connectivity index (χ1n) is 17.4. The second-order valence-electron chi connectivity index (χ2n) is 14.0. The fourth-order valence-corrected chi connectivity index (χ4v) is 7.61. The van der Waals surface area contributed by atoms with Gasteiger partial charge in [0.1, 0.15) is 0 Å². The van der Waals surface area contributed by atoms with Crippen molar-refractivity contribution in [2.24, 2.45) is 10.9 Å². The largest absolute Gasteiger partial charge is 0.375 e. The summed E-state index contributed by atoms with van der Waals surface area (Å²) < 4.78 is 0. The summed E-state index contributed by atoms with van der Waals surface area (Å²) in [5.41, 5.74) is 6.89. The first-order valence-corrected chi connectivity index (χ1v) is 18.0. The minimum Gasteiger partial charge on any atom is -0.375 e. The molecule has 4 rings (SSSR count). The van der Waals surface area contributed by atoms with E-state index in [4.69, 9.17) is 6.42 Å². The van der Waals surface area contributed by atoms with E-state index in [0.29, 0.717) is 6.54 Å². The predicted octanol–water partition coefficient (Wildman–Crippen LogP) is 8.58. The Kier molecular flexibility index (Phi) is 13.3. The van der Waals surface area contributed by atoms with E-state index in [1.165, 1.54) is 81.1 Å². The Balaban J connectivity index is 1.23. The Bertz CT molecular complexity index is 1410. The number of aliphatic imine (C=N–C) groups is 1. The highest BCUT2D eigenvalue weighted by Gasteiger charge is 2.37. The van der Waals surface area contributed by atoms with E-state index in [2.05, 4.69) is 97.8 Å². The number of fused-ring (bicyclic) bond motifs is 1. The zero-order valence-electron chi connectivity index (χ0n) is 28.9. The lowest BCUT2D eigenvalue weighted by atomic mass is 9.90. The number of hydrogen-bond acceptors (Lipinski definition) is 5. The minimum absolute atomic E-state index is 0.0882. The molecule has 2 aliphatic rings. The maximum absolute atomic E-state index is 5.88. The lowest BCUT2D eigenvalue weighted by Crippen LogP contribution is -2.34. The summed E-state index contributed by atoms with van der Waals surface area (Å²) in [6.07, 6.45) is 24.3. The summed E-state index contributed by atoms with van der Waals surface area (Å²) in [4.78, 5) is 15.8. The van der Waals surface area contributed by atoms with Crippen molar-refractivity contribution < 1.29 is 0 Å². The first kappa shape index (κ1) is 35.8. The van der Waals surface area contributed by atoms with Crippen molar-refractivity contribution >= 4 is 32.1 Å². The van der Waals surface area contributed by atoms with Crippen LogP contribution in [0.5, 0.6) is 0 Å². The van der Waals surface area contributed by atoms with Crippen molar-refractivity contribution in [2.45, 2.75) is 95.2 Å². The van der Waals surface area contributed by atoms with Gasteiger partial charge in [0, 0.05) is 73.1 Å². The number of rotatable bonds is 17. The van der Waals surface area contributed by atoms with Gasteiger partial charge in [-0.3, -0.25) is 4.98 Å². The third-order valence-corrected chi connectivity index (χ3v) is 10.5. The van der Waals surface area contributed by atoms with Gasteiger partial charge in [-0.1, -0.05) is 57.9 Å². The van der Waals surface area contributed by atoms with Crippen LogP contribution in [0.4, 0.5) is 0 Å². The molecule has 6 heteroatoms. The van der Waals surface area contributed by atoms with E-state index in [0.717, 1.165) is 60.6 Å². The topological polar surface area (TPSA) is 35.0 Å². The van der Waals surface area contributed by atoms with E-state index < -0.39 is 0 Å². The zero-order valence-corrected chi connectivity index (χ0v) is 30.1. The highest BCUT2D eigenvalue weighted by Crippen LogP contribution is 2.36. The molecule has 3 heterocycles. The van der Waals surface area contributed by atoms with Crippen molar-refractivity contribution in [3.8, 4) is 12.3 Å². The molecule has 0 amide bonds. The van der Waals surface area contributed by atoms with Gasteiger partial charge in [0.2, 0.25) is 0 Å². The number of benzene rings is 1. The Labute approximate surface area is 282 Å². The van der Waals surface area contributed by atoms with Crippen LogP contribution in [0.25, 0.3) is 16.6 Å². The standard InChI is InChI=1S/C40H58N5P/c1-8-36-28-40(5,46)30-45(36)32(3)29-43(7)33(4)37-20-24-42-39-19-18-35(27-38(37)39)17-13-12-16-34-21-25-44(26-22-34)31(2)15-11-9-10-14-23-41-6/h1,18-20,23-24,27,34,36H,2-4,9-17,21-22,25-26,28-30,46H2,5-7H3/b41-23+. The van der Waals surface area contributed by atoms with Crippen molar-refractivity contribution in [1.82, 2.24) is 19.7 Å². The summed E-state index contributed by atoms with van der Waals surface area (Å²) in [5, 5.41) is 1.29. The highest BCUT2D eigenvalue weighted by molar-refractivity contribution is 7.19. The Morgan fingerprint density at radius 2 is 1.91 bits per heavy atom. The average molecular weight is 640 g/mol. The minimum atomic E-state index is 0.0882. The fraction of sp³-hybridized carbons (Fsp3) is 0.550. The number of aryl methyl sites for hydroxylation is 1. The zero-order chi connectivity index (χ0) is 33.1. The molecular weight excluding hydrogens is 581 g/mol. The number of unbranched alkanes of at least 4 members (excludes halogenated alkanes) is 4. The SMILES string of the molecule is C#CC1CC(C)(P)CN1C(=C)CN(C)C(=C)c1ccnc2ccc(CCCCC3CCN(C(=C)CCCCC/C=N/C)CC3)cc12. The van der Waals surface area contributed by atoms with Crippen molar-refractivity contribution in [3.05, 3.63) is 72.7 Å². The lowest BCUT2D eigenvalue weighted by molar-refractivity contribution is 0.211. The summed E-state index contributed by atoms with van der Waals surface area (Å²) in [6.45, 7) is 19.5. The second kappa shape index (κ2) is 17.2. The summed E-state index contributed by atoms with van der Waals surface area (Å²) in [6, 6.07) is 8.94. The third kappa shape index (κ3) is 9.95. The van der Waals surface area contributed by atoms with Crippen molar-refractivity contribution in [3.63, 3.8) is 0 Å². The van der Waals surface area contributed by atoms with E-state index in [-0.39, 0.29) is 11.2 Å². The first-order chi connectivity index (χ1) is 22.1. The molecule has 46 heavy (non-hydrogen) atoms. The van der Waals surface area contributed by atoms with Crippen LogP contribution < -0.4 is 0 Å². The molecule has 248 valence electrons. The maximum Gasteiger partial charge on any atom is 0.0908 e. The molecule has 3 atom stereocenters. The van der Waals surface area contributed by atoms with E-state index in [9.17, 15) is 0 Å². The van der Waals surface area contributed by atoms with Crippen molar-refractivity contribution in [2.75, 3.05) is 40.3 Å². The molecule has 0 saturated carbocycles. The Morgan fingerprint density at radius 3 is 2.65 bits per heavy atom. The van der Waals surface area contributed by atoms with Gasteiger partial charge >= 0.3 is 0 Å². The molecule has 5 nitrogen and oxygen atoms in total. The quantitative estimate of drug-likeness (QED) is 0.0752. The van der Waals surface area contributed by atoms with Crippen LogP contribution in [-0.2, 0) is 6.42 Å². The third-order valence-electron chi connectivity index (χ3n) is 10.0. The number of hydrogen-bond donors (Lipinski definition) is 0. The number of pyridine rings is 1. The molecule has 2 aromatic rings. The van der Waals surface area contributed by atoms with Crippen LogP contribution in [-0.4, -0.2) is 77.4 Å². The van der Waals surface area contributed by atoms with Crippen LogP contribution in [0.3, 0.4) is 0 Å². The molecular formula is C40H58N5P. The van der Waals surface area contributed by atoms with Crippen LogP contribution in [0.2, 0.25) is 0 Å². The number of terminal acetylenes is 1. The van der Waals surface area contributed by atoms with Gasteiger partial charge < -0.3 is 19.7 Å². The molecule has 0 spiro atoms. The van der Waals surface area contributed by atoms with Crippen LogP contribution in [0, 0.1) is 18.3 Å². The molecule has 0 radical (unpaired) electrons. The number of allylic oxidation sites excluding steroid dienone is 1. The summed E-state index contributed by atoms with van der Waals surface area (Å²) >= 11 is 0. The maximum atomic E-state index is 5.88. The van der Waals surface area contributed by atoms with Crippen molar-refractivity contribution in [1.29, 1.82) is 0 Å². The van der Waals surface area contributed by atoms with Gasteiger partial charge in [0.25, 0.3) is 0 Å². The van der Waals surface area contributed by atoms with Gasteiger partial charge in [0.05, 0.1) is 18.1 Å². The molecule has 0 bridgehead atoms. The van der Waals surface area contributed by atoms with Crippen LogP contribution in [0.1, 0.15) is 88.7 Å². The molecule has 0 N–H and O–H groups in total. The Morgan fingerprint density at radius 1 is 1.13 bits per heavy atom. The summed E-state index contributed by atoms with van der Waals surface area (Å²) in [7, 11) is 6.92. The molecule has 0 aliphatic carbocycles. The van der Waals surface area contributed by atoms with Gasteiger partial charge in [-0.15, -0.1) is 15.7 Å². The molecule has 1 aromatic carbocycles. The van der Waals surface area contributed by atoms with Gasteiger partial charge in [-0.2, -0.15) is 0 Å². The van der Waals surface area contributed by atoms with E-state index >= 15 is 0 Å².